The van der Waals surface area contributed by atoms with Gasteiger partial charge < -0.3 is 5.11 Å². The fraction of sp³-hybridized carbons (Fsp3) is 0.385. The van der Waals surface area contributed by atoms with Crippen LogP contribution in [0.4, 0.5) is 0 Å². The molecule has 0 aliphatic heterocycles. The van der Waals surface area contributed by atoms with Crippen molar-refractivity contribution in [2.45, 2.75) is 25.5 Å². The molecule has 0 radical (unpaired) electrons. The molecule has 6 heteroatoms. The first kappa shape index (κ1) is 14.3. The van der Waals surface area contributed by atoms with E-state index in [1.54, 1.807) is 22.0 Å². The molecule has 102 valence electrons. The van der Waals surface area contributed by atoms with Crippen LogP contribution in [0, 0.1) is 13.8 Å². The number of aliphatic hydroxyl groups excluding tert-OH is 1. The van der Waals surface area contributed by atoms with Gasteiger partial charge in [0.15, 0.2) is 5.16 Å². The molecule has 0 amide bonds. The molecule has 2 aromatic heterocycles. The number of rotatable bonds is 5. The molecular formula is C13H16N2O2S2. The molecule has 2 heterocycles. The van der Waals surface area contributed by atoms with E-state index >= 15 is 0 Å². The van der Waals surface area contributed by atoms with E-state index < -0.39 is 0 Å². The summed E-state index contributed by atoms with van der Waals surface area (Å²) in [7, 11) is 0. The van der Waals surface area contributed by atoms with Gasteiger partial charge in [-0.05, 0) is 19.4 Å². The smallest absolute Gasteiger partial charge is 0.263 e. The highest BCUT2D eigenvalue weighted by Crippen LogP contribution is 2.28. The van der Waals surface area contributed by atoms with Crippen LogP contribution in [0.3, 0.4) is 0 Å². The van der Waals surface area contributed by atoms with Crippen molar-refractivity contribution in [2.24, 2.45) is 0 Å². The van der Waals surface area contributed by atoms with Gasteiger partial charge in [-0.3, -0.25) is 9.36 Å². The third-order valence-electron chi connectivity index (χ3n) is 2.89. The minimum atomic E-state index is -0.0211. The highest BCUT2D eigenvalue weighted by molar-refractivity contribution is 7.99. The Bertz CT molecular complexity index is 673. The van der Waals surface area contributed by atoms with Crippen LogP contribution in [0.2, 0.25) is 0 Å². The predicted molar refractivity (Wildman–Crippen MR) is 81.4 cm³/mol. The van der Waals surface area contributed by atoms with E-state index in [-0.39, 0.29) is 12.2 Å². The molecule has 0 saturated heterocycles. The molecule has 0 fully saturated rings. The Morgan fingerprint density at radius 1 is 1.53 bits per heavy atom. The number of thioether (sulfide) groups is 1. The number of hydrogen-bond acceptors (Lipinski definition) is 5. The largest absolute Gasteiger partial charge is 0.396 e. The summed E-state index contributed by atoms with van der Waals surface area (Å²) < 4.78 is 1.62. The van der Waals surface area contributed by atoms with Crippen LogP contribution in [-0.2, 0) is 6.54 Å². The first-order chi connectivity index (χ1) is 9.10. The van der Waals surface area contributed by atoms with Crippen molar-refractivity contribution in [1.82, 2.24) is 9.55 Å². The van der Waals surface area contributed by atoms with Gasteiger partial charge in [-0.15, -0.1) is 17.9 Å². The van der Waals surface area contributed by atoms with Gasteiger partial charge in [0.1, 0.15) is 4.83 Å². The maximum absolute atomic E-state index is 12.5. The zero-order valence-corrected chi connectivity index (χ0v) is 12.6. The first-order valence-electron chi connectivity index (χ1n) is 5.95. The number of aliphatic hydroxyl groups is 1. The summed E-state index contributed by atoms with van der Waals surface area (Å²) in [6.45, 7) is 8.14. The van der Waals surface area contributed by atoms with Gasteiger partial charge in [-0.2, -0.15) is 0 Å². The van der Waals surface area contributed by atoms with Crippen molar-refractivity contribution in [3.8, 4) is 0 Å². The van der Waals surface area contributed by atoms with Crippen molar-refractivity contribution in [3.63, 3.8) is 0 Å². The number of fused-ring (bicyclic) bond motifs is 1. The molecule has 0 aliphatic carbocycles. The van der Waals surface area contributed by atoms with Crippen LogP contribution < -0.4 is 5.56 Å². The Kier molecular flexibility index (Phi) is 4.44. The lowest BCUT2D eigenvalue weighted by Gasteiger charge is -2.09. The summed E-state index contributed by atoms with van der Waals surface area (Å²) in [4.78, 5) is 19.0. The van der Waals surface area contributed by atoms with Crippen LogP contribution in [0.15, 0.2) is 22.6 Å². The molecular weight excluding hydrogens is 280 g/mol. The number of hydrogen-bond donors (Lipinski definition) is 1. The monoisotopic (exact) mass is 296 g/mol. The number of allylic oxidation sites excluding steroid dienone is 1. The molecule has 19 heavy (non-hydrogen) atoms. The number of nitrogens with zero attached hydrogens (tertiary/aromatic N) is 2. The van der Waals surface area contributed by atoms with Crippen molar-refractivity contribution in [2.75, 3.05) is 12.4 Å². The Morgan fingerprint density at radius 3 is 2.89 bits per heavy atom. The summed E-state index contributed by atoms with van der Waals surface area (Å²) in [5.41, 5.74) is 0.987. The molecule has 4 nitrogen and oxygen atoms in total. The fourth-order valence-electron chi connectivity index (χ4n) is 1.85. The van der Waals surface area contributed by atoms with E-state index in [2.05, 4.69) is 11.6 Å². The van der Waals surface area contributed by atoms with Gasteiger partial charge >= 0.3 is 0 Å². The lowest BCUT2D eigenvalue weighted by Crippen LogP contribution is -2.22. The SMILES string of the molecule is C=CCn1c(SCCO)nc2sc(C)c(C)c2c1=O. The molecule has 0 aromatic carbocycles. The fourth-order valence-corrected chi connectivity index (χ4v) is 3.67. The second-order valence-corrected chi connectivity index (χ2v) is 6.40. The first-order valence-corrected chi connectivity index (χ1v) is 7.75. The minimum absolute atomic E-state index is 0.0211. The molecule has 0 unspecified atom stereocenters. The molecule has 2 rings (SSSR count). The average molecular weight is 296 g/mol. The van der Waals surface area contributed by atoms with Gasteiger partial charge in [0, 0.05) is 17.2 Å². The topological polar surface area (TPSA) is 55.1 Å². The second-order valence-electron chi connectivity index (χ2n) is 4.13. The number of thiophene rings is 1. The summed E-state index contributed by atoms with van der Waals surface area (Å²) in [5, 5.41) is 10.3. The van der Waals surface area contributed by atoms with E-state index in [1.807, 2.05) is 13.8 Å². The predicted octanol–water partition coefficient (Wildman–Crippen LogP) is 2.35. The Hall–Kier alpha value is -1.11. The Balaban J connectivity index is 2.70. The quantitative estimate of drug-likeness (QED) is 0.523. The van der Waals surface area contributed by atoms with Crippen molar-refractivity contribution < 1.29 is 5.11 Å². The van der Waals surface area contributed by atoms with Gasteiger partial charge in [-0.25, -0.2) is 4.98 Å². The van der Waals surface area contributed by atoms with E-state index in [4.69, 9.17) is 5.11 Å². The molecule has 1 N–H and O–H groups in total. The van der Waals surface area contributed by atoms with Crippen LogP contribution in [0.5, 0.6) is 0 Å². The third-order valence-corrected chi connectivity index (χ3v) is 4.95. The van der Waals surface area contributed by atoms with Crippen LogP contribution in [0.1, 0.15) is 10.4 Å². The van der Waals surface area contributed by atoms with Crippen LogP contribution in [-0.4, -0.2) is 27.0 Å². The zero-order valence-electron chi connectivity index (χ0n) is 11.0. The third kappa shape index (κ3) is 2.61. The molecule has 0 aliphatic rings. The second kappa shape index (κ2) is 5.90. The van der Waals surface area contributed by atoms with Gasteiger partial charge in [0.05, 0.1) is 12.0 Å². The van der Waals surface area contributed by atoms with E-state index in [0.717, 1.165) is 15.3 Å². The van der Waals surface area contributed by atoms with Crippen LogP contribution in [0.25, 0.3) is 10.2 Å². The van der Waals surface area contributed by atoms with Crippen molar-refractivity contribution >= 4 is 33.3 Å². The minimum Gasteiger partial charge on any atom is -0.396 e. The maximum Gasteiger partial charge on any atom is 0.263 e. The summed E-state index contributed by atoms with van der Waals surface area (Å²) in [6, 6.07) is 0. The molecule has 0 atom stereocenters. The Morgan fingerprint density at radius 2 is 2.26 bits per heavy atom. The van der Waals surface area contributed by atoms with E-state index in [0.29, 0.717) is 22.8 Å². The lowest BCUT2D eigenvalue weighted by atomic mass is 10.2. The number of aryl methyl sites for hydroxylation is 2. The van der Waals surface area contributed by atoms with E-state index in [1.165, 1.54) is 11.8 Å². The maximum atomic E-state index is 12.5. The molecule has 0 saturated carbocycles. The lowest BCUT2D eigenvalue weighted by molar-refractivity contribution is 0.322. The van der Waals surface area contributed by atoms with Crippen molar-refractivity contribution in [1.29, 1.82) is 0 Å². The number of aromatic nitrogens is 2. The van der Waals surface area contributed by atoms with Gasteiger partial charge in [-0.1, -0.05) is 17.8 Å². The molecule has 0 spiro atoms. The van der Waals surface area contributed by atoms with Crippen molar-refractivity contribution in [3.05, 3.63) is 33.4 Å². The summed E-state index contributed by atoms with van der Waals surface area (Å²) in [5.74, 6) is 0.526. The highest BCUT2D eigenvalue weighted by atomic mass is 32.2. The average Bonchev–Trinajstić information content (AvgIpc) is 2.66. The normalized spacial score (nSPS) is 11.1. The summed E-state index contributed by atoms with van der Waals surface area (Å²) in [6.07, 6.45) is 1.69. The zero-order chi connectivity index (χ0) is 14.0. The molecule has 0 bridgehead atoms. The van der Waals surface area contributed by atoms with Gasteiger partial charge in [0.2, 0.25) is 0 Å². The van der Waals surface area contributed by atoms with E-state index in [9.17, 15) is 4.79 Å². The summed E-state index contributed by atoms with van der Waals surface area (Å²) >= 11 is 2.93. The standard InChI is InChI=1S/C13H16N2O2S2/c1-4-5-15-12(17)10-8(2)9(3)19-11(10)14-13(15)18-7-6-16/h4,16H,1,5-7H2,2-3H3. The molecule has 2 aromatic rings. The van der Waals surface area contributed by atoms with Crippen LogP contribution >= 0.6 is 23.1 Å². The van der Waals surface area contributed by atoms with Gasteiger partial charge in [0.25, 0.3) is 5.56 Å². The Labute approximate surface area is 119 Å². The highest BCUT2D eigenvalue weighted by Gasteiger charge is 2.15.